The molecule has 4 rings (SSSR count). The monoisotopic (exact) mass is 422 g/mol. The molecule has 0 spiro atoms. The third-order valence-electron chi connectivity index (χ3n) is 5.32. The Bertz CT molecular complexity index is 1340. The first kappa shape index (κ1) is 20.9. The molecular formula is C26H22N4O2. The summed E-state index contributed by atoms with van der Waals surface area (Å²) in [6.07, 6.45) is 3.45. The highest BCUT2D eigenvalue weighted by Crippen LogP contribution is 2.42. The molecule has 0 atom stereocenters. The van der Waals surface area contributed by atoms with Gasteiger partial charge in [-0.2, -0.15) is 0 Å². The van der Waals surface area contributed by atoms with E-state index in [1.807, 2.05) is 56.3 Å². The van der Waals surface area contributed by atoms with Gasteiger partial charge in [-0.1, -0.05) is 18.2 Å². The maximum atomic E-state index is 12.4. The average Bonchev–Trinajstić information content (AvgIpc) is 2.78. The van der Waals surface area contributed by atoms with Crippen molar-refractivity contribution in [3.8, 4) is 33.4 Å². The summed E-state index contributed by atoms with van der Waals surface area (Å²) in [5, 5.41) is 0. The minimum Gasteiger partial charge on any atom is -0.366 e. The maximum Gasteiger partial charge on any atom is 0.249 e. The predicted molar refractivity (Wildman–Crippen MR) is 125 cm³/mol. The second-order valence-corrected chi connectivity index (χ2v) is 7.59. The van der Waals surface area contributed by atoms with Gasteiger partial charge in [0.15, 0.2) is 0 Å². The van der Waals surface area contributed by atoms with Gasteiger partial charge in [0.2, 0.25) is 11.8 Å². The normalized spacial score (nSPS) is 10.7. The summed E-state index contributed by atoms with van der Waals surface area (Å²) in [5.41, 5.74) is 18.8. The van der Waals surface area contributed by atoms with Gasteiger partial charge in [0.05, 0.1) is 0 Å². The molecule has 0 bridgehead atoms. The number of pyridine rings is 2. The van der Waals surface area contributed by atoms with Crippen molar-refractivity contribution in [2.24, 2.45) is 11.5 Å². The maximum absolute atomic E-state index is 12.4. The van der Waals surface area contributed by atoms with E-state index in [1.54, 1.807) is 30.6 Å². The van der Waals surface area contributed by atoms with E-state index >= 15 is 0 Å². The van der Waals surface area contributed by atoms with Gasteiger partial charge in [-0.25, -0.2) is 0 Å². The lowest BCUT2D eigenvalue weighted by molar-refractivity contribution is 0.0992. The smallest absolute Gasteiger partial charge is 0.249 e. The topological polar surface area (TPSA) is 112 Å². The van der Waals surface area contributed by atoms with E-state index in [1.165, 1.54) is 0 Å². The molecule has 4 aromatic rings. The van der Waals surface area contributed by atoms with Crippen molar-refractivity contribution < 1.29 is 9.59 Å². The van der Waals surface area contributed by atoms with Crippen molar-refractivity contribution in [2.45, 2.75) is 13.8 Å². The Morgan fingerprint density at radius 2 is 1.22 bits per heavy atom. The van der Waals surface area contributed by atoms with Gasteiger partial charge in [0, 0.05) is 40.5 Å². The third-order valence-corrected chi connectivity index (χ3v) is 5.32. The highest BCUT2D eigenvalue weighted by atomic mass is 16.1. The molecule has 0 saturated heterocycles. The quantitative estimate of drug-likeness (QED) is 0.499. The first-order valence-electron chi connectivity index (χ1n) is 10.1. The lowest BCUT2D eigenvalue weighted by Gasteiger charge is -2.19. The van der Waals surface area contributed by atoms with Crippen LogP contribution >= 0.6 is 0 Å². The zero-order valence-corrected chi connectivity index (χ0v) is 17.8. The average molecular weight is 422 g/mol. The van der Waals surface area contributed by atoms with Crippen molar-refractivity contribution in [2.75, 3.05) is 0 Å². The Kier molecular flexibility index (Phi) is 5.52. The molecular weight excluding hydrogens is 400 g/mol. The van der Waals surface area contributed by atoms with E-state index in [9.17, 15) is 9.59 Å². The molecule has 0 radical (unpaired) electrons. The molecule has 6 nitrogen and oxygen atoms in total. The Balaban J connectivity index is 2.10. The van der Waals surface area contributed by atoms with E-state index in [2.05, 4.69) is 9.97 Å². The lowest BCUT2D eigenvalue weighted by atomic mass is 9.84. The van der Waals surface area contributed by atoms with Crippen LogP contribution in [0.3, 0.4) is 0 Å². The number of carbonyl (C=O) groups excluding carboxylic acids is 2. The standard InChI is InChI=1S/C26H22N4O2/c1-15-13-19(9-11-29-15)23-21(17-3-5-18(6-4-17)25(27)31)7-8-22(26(28)32)24(23)20-10-12-30-16(2)14-20/h3-14H,1-2H3,(H2,27,31)(H2,28,32). The zero-order chi connectivity index (χ0) is 22.8. The van der Waals surface area contributed by atoms with E-state index in [-0.39, 0.29) is 0 Å². The van der Waals surface area contributed by atoms with Crippen molar-refractivity contribution in [3.05, 3.63) is 95.6 Å². The molecule has 158 valence electrons. The van der Waals surface area contributed by atoms with Crippen LogP contribution in [0.1, 0.15) is 32.1 Å². The SMILES string of the molecule is Cc1cc(-c2c(C(N)=O)ccc(-c3ccc(C(N)=O)cc3)c2-c2ccnc(C)c2)ccn1. The number of primary amides is 2. The molecule has 4 N–H and O–H groups in total. The van der Waals surface area contributed by atoms with Crippen LogP contribution in [0.15, 0.2) is 73.1 Å². The highest BCUT2D eigenvalue weighted by molar-refractivity contribution is 6.07. The van der Waals surface area contributed by atoms with Gasteiger partial charge in [0.25, 0.3) is 0 Å². The number of amides is 2. The molecule has 0 unspecified atom stereocenters. The molecule has 2 aromatic carbocycles. The number of nitrogens with two attached hydrogens (primary N) is 2. The number of hydrogen-bond donors (Lipinski definition) is 2. The van der Waals surface area contributed by atoms with Crippen molar-refractivity contribution in [3.63, 3.8) is 0 Å². The summed E-state index contributed by atoms with van der Waals surface area (Å²) in [6.45, 7) is 3.81. The second-order valence-electron chi connectivity index (χ2n) is 7.59. The number of hydrogen-bond acceptors (Lipinski definition) is 4. The molecule has 32 heavy (non-hydrogen) atoms. The Morgan fingerprint density at radius 1 is 0.656 bits per heavy atom. The van der Waals surface area contributed by atoms with Gasteiger partial charge in [-0.3, -0.25) is 19.6 Å². The number of nitrogens with zero attached hydrogens (tertiary/aromatic N) is 2. The molecule has 0 saturated carbocycles. The van der Waals surface area contributed by atoms with Crippen LogP contribution in [0, 0.1) is 13.8 Å². The molecule has 2 heterocycles. The summed E-state index contributed by atoms with van der Waals surface area (Å²) < 4.78 is 0. The number of benzene rings is 2. The predicted octanol–water partition coefficient (Wildman–Crippen LogP) is 4.29. The summed E-state index contributed by atoms with van der Waals surface area (Å²) in [4.78, 5) is 32.6. The molecule has 0 aliphatic carbocycles. The fourth-order valence-electron chi connectivity index (χ4n) is 3.86. The van der Waals surface area contributed by atoms with E-state index in [4.69, 9.17) is 11.5 Å². The van der Waals surface area contributed by atoms with E-state index in [0.717, 1.165) is 44.8 Å². The van der Waals surface area contributed by atoms with Crippen LogP contribution in [-0.2, 0) is 0 Å². The van der Waals surface area contributed by atoms with Crippen LogP contribution in [-0.4, -0.2) is 21.8 Å². The summed E-state index contributed by atoms with van der Waals surface area (Å²) >= 11 is 0. The molecule has 0 fully saturated rings. The van der Waals surface area contributed by atoms with Crippen LogP contribution in [0.5, 0.6) is 0 Å². The largest absolute Gasteiger partial charge is 0.366 e. The zero-order valence-electron chi connectivity index (χ0n) is 17.8. The first-order chi connectivity index (χ1) is 15.3. The number of rotatable bonds is 5. The number of aromatic nitrogens is 2. The van der Waals surface area contributed by atoms with E-state index in [0.29, 0.717) is 11.1 Å². The van der Waals surface area contributed by atoms with Crippen molar-refractivity contribution >= 4 is 11.8 Å². The minimum absolute atomic E-state index is 0.414. The Labute approximate surface area is 186 Å². The number of aryl methyl sites for hydroxylation is 2. The summed E-state index contributed by atoms with van der Waals surface area (Å²) in [6, 6.07) is 18.4. The van der Waals surface area contributed by atoms with Gasteiger partial charge in [-0.15, -0.1) is 0 Å². The highest BCUT2D eigenvalue weighted by Gasteiger charge is 2.21. The second kappa shape index (κ2) is 8.43. The minimum atomic E-state index is -0.517. The van der Waals surface area contributed by atoms with E-state index < -0.39 is 11.8 Å². The van der Waals surface area contributed by atoms with Gasteiger partial charge in [-0.05, 0) is 84.1 Å². The van der Waals surface area contributed by atoms with Crippen LogP contribution in [0.2, 0.25) is 0 Å². The molecule has 0 aliphatic rings. The van der Waals surface area contributed by atoms with Crippen LogP contribution < -0.4 is 11.5 Å². The molecule has 6 heteroatoms. The first-order valence-corrected chi connectivity index (χ1v) is 10.1. The molecule has 2 amide bonds. The van der Waals surface area contributed by atoms with Crippen molar-refractivity contribution in [1.82, 2.24) is 9.97 Å². The third kappa shape index (κ3) is 3.98. The summed E-state index contributed by atoms with van der Waals surface area (Å²) in [7, 11) is 0. The van der Waals surface area contributed by atoms with Crippen molar-refractivity contribution in [1.29, 1.82) is 0 Å². The lowest BCUT2D eigenvalue weighted by Crippen LogP contribution is -2.13. The fourth-order valence-corrected chi connectivity index (χ4v) is 3.86. The van der Waals surface area contributed by atoms with Gasteiger partial charge in [0.1, 0.15) is 0 Å². The van der Waals surface area contributed by atoms with Gasteiger partial charge < -0.3 is 11.5 Å². The van der Waals surface area contributed by atoms with Gasteiger partial charge >= 0.3 is 0 Å². The molecule has 0 aliphatic heterocycles. The summed E-state index contributed by atoms with van der Waals surface area (Å²) in [5.74, 6) is -1.00. The Morgan fingerprint density at radius 3 is 1.72 bits per heavy atom. The van der Waals surface area contributed by atoms with Crippen LogP contribution in [0.4, 0.5) is 0 Å². The molecule has 2 aromatic heterocycles. The Hall–Kier alpha value is -4.32. The van der Waals surface area contributed by atoms with Crippen LogP contribution in [0.25, 0.3) is 33.4 Å². The number of carbonyl (C=O) groups is 2. The fraction of sp³-hybridized carbons (Fsp3) is 0.0769.